The summed E-state index contributed by atoms with van der Waals surface area (Å²) in [4.78, 5) is 12.6. The summed E-state index contributed by atoms with van der Waals surface area (Å²) in [5.74, 6) is 1.19. The van der Waals surface area contributed by atoms with Crippen molar-refractivity contribution in [3.05, 3.63) is 28.8 Å². The molecule has 2 nitrogen and oxygen atoms in total. The maximum atomic E-state index is 12.6. The Labute approximate surface area is 142 Å². The molecule has 0 saturated heterocycles. The van der Waals surface area contributed by atoms with Crippen molar-refractivity contribution in [3.63, 3.8) is 0 Å². The van der Waals surface area contributed by atoms with Gasteiger partial charge in [-0.25, -0.2) is 0 Å². The molecule has 130 valence electrons. The first-order valence-corrected chi connectivity index (χ1v) is 8.47. The largest absolute Gasteiger partial charge is 0.488 e. The molecule has 0 radical (unpaired) electrons. The molecule has 0 unspecified atom stereocenters. The van der Waals surface area contributed by atoms with Crippen LogP contribution in [0.4, 0.5) is 0 Å². The van der Waals surface area contributed by atoms with Crippen LogP contribution < -0.4 is 4.74 Å². The highest BCUT2D eigenvalue weighted by atomic mass is 16.5. The summed E-state index contributed by atoms with van der Waals surface area (Å²) in [6, 6.07) is 4.27. The Morgan fingerprint density at radius 3 is 1.91 bits per heavy atom. The topological polar surface area (TPSA) is 26.3 Å². The molecule has 0 aliphatic heterocycles. The lowest BCUT2D eigenvalue weighted by Gasteiger charge is -2.33. The second-order valence-corrected chi connectivity index (χ2v) is 9.40. The molecule has 0 aliphatic rings. The first-order chi connectivity index (χ1) is 10.1. The van der Waals surface area contributed by atoms with Gasteiger partial charge in [-0.05, 0) is 51.8 Å². The minimum Gasteiger partial charge on any atom is -0.488 e. The molecule has 2 heteroatoms. The lowest BCUT2D eigenvalue weighted by atomic mass is 9.73. The molecule has 1 aromatic carbocycles. The first kappa shape index (κ1) is 19.7. The van der Waals surface area contributed by atoms with E-state index in [2.05, 4.69) is 60.6 Å². The van der Waals surface area contributed by atoms with Crippen molar-refractivity contribution in [1.82, 2.24) is 0 Å². The van der Waals surface area contributed by atoms with Crippen LogP contribution in [-0.4, -0.2) is 11.4 Å². The molecule has 0 fully saturated rings. The number of hydrogen-bond acceptors (Lipinski definition) is 2. The van der Waals surface area contributed by atoms with E-state index in [1.54, 1.807) is 0 Å². The van der Waals surface area contributed by atoms with E-state index in [4.69, 9.17) is 4.74 Å². The van der Waals surface area contributed by atoms with Gasteiger partial charge in [0.05, 0.1) is 0 Å². The highest BCUT2D eigenvalue weighted by Crippen LogP contribution is 2.40. The SMILES string of the molecule is Cc1cc(C)c(C(C)(C)CC(=O)C(C)(C)C)c(OC(C)(C)C)c1. The molecule has 0 aliphatic carbocycles. The predicted molar refractivity (Wildman–Crippen MR) is 98.4 cm³/mol. The van der Waals surface area contributed by atoms with Crippen molar-refractivity contribution in [3.8, 4) is 5.75 Å². The molecule has 0 saturated carbocycles. The third-order valence-electron chi connectivity index (χ3n) is 3.98. The van der Waals surface area contributed by atoms with Crippen LogP contribution in [0, 0.1) is 19.3 Å². The number of rotatable bonds is 4. The molecule has 1 aromatic rings. The van der Waals surface area contributed by atoms with Gasteiger partial charge < -0.3 is 4.74 Å². The van der Waals surface area contributed by atoms with Crippen LogP contribution in [0.25, 0.3) is 0 Å². The van der Waals surface area contributed by atoms with Crippen molar-refractivity contribution in [1.29, 1.82) is 0 Å². The quantitative estimate of drug-likeness (QED) is 0.705. The summed E-state index contributed by atoms with van der Waals surface area (Å²) in [7, 11) is 0. The number of Topliss-reactive ketones (excluding diaryl/α,β-unsaturated/α-hetero) is 1. The first-order valence-electron chi connectivity index (χ1n) is 8.47. The van der Waals surface area contributed by atoms with Crippen LogP contribution in [0.15, 0.2) is 12.1 Å². The van der Waals surface area contributed by atoms with Crippen LogP contribution >= 0.6 is 0 Å². The lowest BCUT2D eigenvalue weighted by molar-refractivity contribution is -0.127. The number of carbonyl (C=O) groups is 1. The maximum Gasteiger partial charge on any atom is 0.139 e. The molecule has 23 heavy (non-hydrogen) atoms. The van der Waals surface area contributed by atoms with Crippen molar-refractivity contribution >= 4 is 5.78 Å². The van der Waals surface area contributed by atoms with Gasteiger partial charge >= 0.3 is 0 Å². The van der Waals surface area contributed by atoms with Gasteiger partial charge in [0, 0.05) is 22.8 Å². The maximum absolute atomic E-state index is 12.6. The second kappa shape index (κ2) is 6.30. The molecule has 0 amide bonds. The van der Waals surface area contributed by atoms with E-state index in [1.807, 2.05) is 20.8 Å². The Balaban J connectivity index is 3.36. The fraction of sp³-hybridized carbons (Fsp3) is 0.667. The van der Waals surface area contributed by atoms with E-state index in [-0.39, 0.29) is 22.2 Å². The molecular weight excluding hydrogens is 284 g/mol. The highest BCUT2D eigenvalue weighted by Gasteiger charge is 2.34. The van der Waals surface area contributed by atoms with E-state index >= 15 is 0 Å². The Bertz CT molecular complexity index is 581. The average Bonchev–Trinajstić information content (AvgIpc) is 2.21. The smallest absolute Gasteiger partial charge is 0.139 e. The fourth-order valence-electron chi connectivity index (χ4n) is 2.96. The van der Waals surface area contributed by atoms with E-state index in [1.165, 1.54) is 11.1 Å². The summed E-state index contributed by atoms with van der Waals surface area (Å²) >= 11 is 0. The minimum absolute atomic E-state index is 0.261. The summed E-state index contributed by atoms with van der Waals surface area (Å²) in [6.07, 6.45) is 0.515. The monoisotopic (exact) mass is 318 g/mol. The standard InChI is InChI=1S/C21H34O2/c1-14-11-15(2)18(16(12-14)23-20(6,7)8)21(9,10)13-17(22)19(3,4)5/h11-12H,13H2,1-10H3. The number of ketones is 1. The third-order valence-corrected chi connectivity index (χ3v) is 3.98. The Hall–Kier alpha value is -1.31. The van der Waals surface area contributed by atoms with Crippen LogP contribution in [0.5, 0.6) is 5.75 Å². The number of carbonyl (C=O) groups excluding carboxylic acids is 1. The van der Waals surface area contributed by atoms with Crippen molar-refractivity contribution in [2.75, 3.05) is 0 Å². The molecule has 0 N–H and O–H groups in total. The van der Waals surface area contributed by atoms with Gasteiger partial charge in [-0.1, -0.05) is 40.7 Å². The van der Waals surface area contributed by atoms with Crippen molar-refractivity contribution in [2.45, 2.75) is 86.7 Å². The van der Waals surface area contributed by atoms with E-state index < -0.39 is 0 Å². The average molecular weight is 319 g/mol. The van der Waals surface area contributed by atoms with Crippen LogP contribution in [0.3, 0.4) is 0 Å². The molecule has 1 rings (SSSR count). The lowest BCUT2D eigenvalue weighted by Crippen LogP contribution is -2.32. The summed E-state index contributed by atoms with van der Waals surface area (Å²) in [5.41, 5.74) is 2.68. The van der Waals surface area contributed by atoms with Gasteiger partial charge in [-0.3, -0.25) is 4.79 Å². The number of benzene rings is 1. The van der Waals surface area contributed by atoms with Gasteiger partial charge in [0.2, 0.25) is 0 Å². The van der Waals surface area contributed by atoms with E-state index in [9.17, 15) is 4.79 Å². The van der Waals surface area contributed by atoms with Crippen molar-refractivity contribution in [2.24, 2.45) is 5.41 Å². The fourth-order valence-corrected chi connectivity index (χ4v) is 2.96. The molecular formula is C21H34O2. The Morgan fingerprint density at radius 1 is 0.957 bits per heavy atom. The number of hydrogen-bond donors (Lipinski definition) is 0. The van der Waals surface area contributed by atoms with Crippen LogP contribution in [-0.2, 0) is 10.2 Å². The minimum atomic E-state index is -0.319. The molecule has 0 atom stereocenters. The van der Waals surface area contributed by atoms with E-state index in [0.29, 0.717) is 6.42 Å². The molecule has 0 spiro atoms. The van der Waals surface area contributed by atoms with Gasteiger partial charge in [0.15, 0.2) is 0 Å². The molecule has 0 heterocycles. The zero-order valence-corrected chi connectivity index (χ0v) is 16.7. The van der Waals surface area contributed by atoms with Crippen LogP contribution in [0.1, 0.15) is 78.5 Å². The summed E-state index contributed by atoms with van der Waals surface area (Å²) in [5, 5.41) is 0. The number of aryl methyl sites for hydroxylation is 2. The van der Waals surface area contributed by atoms with Gasteiger partial charge in [-0.2, -0.15) is 0 Å². The predicted octanol–water partition coefficient (Wildman–Crippen LogP) is 5.76. The second-order valence-electron chi connectivity index (χ2n) is 9.40. The molecule has 0 aromatic heterocycles. The summed E-state index contributed by atoms with van der Waals surface area (Å²) in [6.45, 7) is 20.6. The summed E-state index contributed by atoms with van der Waals surface area (Å²) < 4.78 is 6.24. The Kier molecular flexibility index (Phi) is 5.40. The zero-order chi connectivity index (χ0) is 18.2. The van der Waals surface area contributed by atoms with E-state index in [0.717, 1.165) is 11.3 Å². The van der Waals surface area contributed by atoms with Gasteiger partial charge in [-0.15, -0.1) is 0 Å². The van der Waals surface area contributed by atoms with Crippen LogP contribution in [0.2, 0.25) is 0 Å². The third kappa shape index (κ3) is 5.37. The zero-order valence-electron chi connectivity index (χ0n) is 16.7. The number of ether oxygens (including phenoxy) is 1. The van der Waals surface area contributed by atoms with Crippen molar-refractivity contribution < 1.29 is 9.53 Å². The Morgan fingerprint density at radius 2 is 1.48 bits per heavy atom. The normalized spacial score (nSPS) is 13.1. The van der Waals surface area contributed by atoms with Gasteiger partial charge in [0.1, 0.15) is 17.1 Å². The van der Waals surface area contributed by atoms with Gasteiger partial charge in [0.25, 0.3) is 0 Å². The molecule has 0 bridgehead atoms. The highest BCUT2D eigenvalue weighted by molar-refractivity contribution is 5.85.